The summed E-state index contributed by atoms with van der Waals surface area (Å²) in [6.07, 6.45) is 6.70. The van der Waals surface area contributed by atoms with Gasteiger partial charge in [-0.2, -0.15) is 0 Å². The van der Waals surface area contributed by atoms with Crippen LogP contribution in [-0.2, 0) is 0 Å². The monoisotopic (exact) mass is 171 g/mol. The minimum absolute atomic E-state index is 0.227. The van der Waals surface area contributed by atoms with Crippen molar-refractivity contribution in [2.45, 2.75) is 25.4 Å². The maximum atomic E-state index is 9.33. The van der Waals surface area contributed by atoms with Crippen LogP contribution in [0.3, 0.4) is 0 Å². The molecule has 1 unspecified atom stereocenters. The smallest absolute Gasteiger partial charge is 0.0972 e. The zero-order valence-corrected chi connectivity index (χ0v) is 7.51. The van der Waals surface area contributed by atoms with E-state index in [0.29, 0.717) is 6.54 Å². The summed E-state index contributed by atoms with van der Waals surface area (Å²) < 4.78 is 0. The minimum Gasteiger partial charge on any atom is -0.393 e. The zero-order chi connectivity index (χ0) is 9.45. The molecule has 0 rings (SSSR count). The molecule has 0 aromatic carbocycles. The van der Waals surface area contributed by atoms with Gasteiger partial charge in [-0.3, -0.25) is 0 Å². The highest BCUT2D eigenvalue weighted by atomic mass is 16.3. The second-order valence-corrected chi connectivity index (χ2v) is 3.14. The Kier molecular flexibility index (Phi) is 5.73. The van der Waals surface area contributed by atoms with Gasteiger partial charge in [0.2, 0.25) is 0 Å². The van der Waals surface area contributed by atoms with Gasteiger partial charge in [-0.15, -0.1) is 12.3 Å². The number of hydrogen-bond donors (Lipinski definition) is 3. The van der Waals surface area contributed by atoms with Gasteiger partial charge in [-0.1, -0.05) is 0 Å². The summed E-state index contributed by atoms with van der Waals surface area (Å²) in [7, 11) is 0. The highest BCUT2D eigenvalue weighted by molar-refractivity contribution is 4.83. The first kappa shape index (κ1) is 11.4. The van der Waals surface area contributed by atoms with Crippen LogP contribution in [0.4, 0.5) is 0 Å². The highest BCUT2D eigenvalue weighted by Crippen LogP contribution is 1.98. The molecule has 0 aliphatic heterocycles. The Balaban J connectivity index is 3.26. The molecule has 0 aromatic rings. The Morgan fingerprint density at radius 2 is 2.25 bits per heavy atom. The second kappa shape index (κ2) is 6.01. The molecular formula is C9H17NO2. The predicted molar refractivity (Wildman–Crippen MR) is 48.6 cm³/mol. The third-order valence-electron chi connectivity index (χ3n) is 1.52. The SMILES string of the molecule is C#CCCCNCC(C)(O)CO. The van der Waals surface area contributed by atoms with E-state index in [-0.39, 0.29) is 6.61 Å². The number of terminal acetylenes is 1. The molecule has 0 fully saturated rings. The van der Waals surface area contributed by atoms with E-state index in [1.54, 1.807) is 6.92 Å². The van der Waals surface area contributed by atoms with Crippen LogP contribution in [0, 0.1) is 12.3 Å². The molecule has 70 valence electrons. The third kappa shape index (κ3) is 6.17. The van der Waals surface area contributed by atoms with Gasteiger partial charge in [0.05, 0.1) is 12.2 Å². The lowest BCUT2D eigenvalue weighted by atomic mass is 10.1. The Labute approximate surface area is 73.8 Å². The molecule has 0 saturated carbocycles. The molecule has 0 spiro atoms. The molecule has 0 aliphatic carbocycles. The molecule has 1 atom stereocenters. The molecule has 3 N–H and O–H groups in total. The molecule has 0 heterocycles. The average Bonchev–Trinajstić information content (AvgIpc) is 2.04. The summed E-state index contributed by atoms with van der Waals surface area (Å²) in [6, 6.07) is 0. The van der Waals surface area contributed by atoms with Crippen LogP contribution in [0.15, 0.2) is 0 Å². The van der Waals surface area contributed by atoms with Crippen LogP contribution >= 0.6 is 0 Å². The molecule has 3 nitrogen and oxygen atoms in total. The van der Waals surface area contributed by atoms with Crippen molar-refractivity contribution in [1.29, 1.82) is 0 Å². The van der Waals surface area contributed by atoms with E-state index < -0.39 is 5.60 Å². The maximum Gasteiger partial charge on any atom is 0.0972 e. The van der Waals surface area contributed by atoms with E-state index in [4.69, 9.17) is 11.5 Å². The van der Waals surface area contributed by atoms with Crippen molar-refractivity contribution in [2.75, 3.05) is 19.7 Å². The fourth-order valence-corrected chi connectivity index (χ4v) is 0.729. The van der Waals surface area contributed by atoms with E-state index in [9.17, 15) is 5.11 Å². The fourth-order valence-electron chi connectivity index (χ4n) is 0.729. The Morgan fingerprint density at radius 1 is 1.58 bits per heavy atom. The van der Waals surface area contributed by atoms with E-state index >= 15 is 0 Å². The fraction of sp³-hybridized carbons (Fsp3) is 0.778. The van der Waals surface area contributed by atoms with E-state index in [1.165, 1.54) is 0 Å². The predicted octanol–water partition coefficient (Wildman–Crippen LogP) is -0.267. The van der Waals surface area contributed by atoms with Crippen LogP contribution in [0.5, 0.6) is 0 Å². The van der Waals surface area contributed by atoms with Crippen LogP contribution in [0.2, 0.25) is 0 Å². The minimum atomic E-state index is -1.02. The number of nitrogens with one attached hydrogen (secondary N) is 1. The van der Waals surface area contributed by atoms with Crippen molar-refractivity contribution < 1.29 is 10.2 Å². The lowest BCUT2D eigenvalue weighted by Crippen LogP contribution is -2.41. The summed E-state index contributed by atoms with van der Waals surface area (Å²) in [5, 5.41) is 21.0. The summed E-state index contributed by atoms with van der Waals surface area (Å²) in [6.45, 7) is 2.53. The van der Waals surface area contributed by atoms with Gasteiger partial charge in [-0.05, 0) is 19.9 Å². The lowest BCUT2D eigenvalue weighted by Gasteiger charge is -2.20. The normalized spacial score (nSPS) is 15.2. The number of rotatable bonds is 6. The van der Waals surface area contributed by atoms with Crippen LogP contribution in [0.25, 0.3) is 0 Å². The first-order chi connectivity index (χ1) is 5.62. The lowest BCUT2D eigenvalue weighted by molar-refractivity contribution is 0.00291. The van der Waals surface area contributed by atoms with Gasteiger partial charge in [0, 0.05) is 13.0 Å². The summed E-state index contributed by atoms with van der Waals surface area (Å²) >= 11 is 0. The zero-order valence-electron chi connectivity index (χ0n) is 7.51. The van der Waals surface area contributed by atoms with Gasteiger partial charge in [0.15, 0.2) is 0 Å². The quantitative estimate of drug-likeness (QED) is 0.381. The van der Waals surface area contributed by atoms with Crippen molar-refractivity contribution in [2.24, 2.45) is 0 Å². The van der Waals surface area contributed by atoms with Gasteiger partial charge in [-0.25, -0.2) is 0 Å². The largest absolute Gasteiger partial charge is 0.393 e. The summed E-state index contributed by atoms with van der Waals surface area (Å²) in [4.78, 5) is 0. The summed E-state index contributed by atoms with van der Waals surface area (Å²) in [5.74, 6) is 2.53. The molecule has 0 radical (unpaired) electrons. The van der Waals surface area contributed by atoms with Gasteiger partial charge in [0.1, 0.15) is 0 Å². The Bertz CT molecular complexity index is 149. The number of unbranched alkanes of at least 4 members (excludes halogenated alkanes) is 1. The van der Waals surface area contributed by atoms with Gasteiger partial charge < -0.3 is 15.5 Å². The Morgan fingerprint density at radius 3 is 2.75 bits per heavy atom. The average molecular weight is 171 g/mol. The summed E-state index contributed by atoms with van der Waals surface area (Å²) in [5.41, 5.74) is -1.02. The van der Waals surface area contributed by atoms with Crippen molar-refractivity contribution in [3.63, 3.8) is 0 Å². The molecule has 3 heteroatoms. The highest BCUT2D eigenvalue weighted by Gasteiger charge is 2.17. The molecular weight excluding hydrogens is 154 g/mol. The van der Waals surface area contributed by atoms with Gasteiger partial charge in [0.25, 0.3) is 0 Å². The molecule has 12 heavy (non-hydrogen) atoms. The molecule has 0 amide bonds. The first-order valence-electron chi connectivity index (χ1n) is 4.10. The number of hydrogen-bond acceptors (Lipinski definition) is 3. The van der Waals surface area contributed by atoms with Crippen molar-refractivity contribution in [3.05, 3.63) is 0 Å². The topological polar surface area (TPSA) is 52.5 Å². The van der Waals surface area contributed by atoms with E-state index in [0.717, 1.165) is 19.4 Å². The standard InChI is InChI=1S/C9H17NO2/c1-3-4-5-6-10-7-9(2,12)8-11/h1,10-12H,4-8H2,2H3. The van der Waals surface area contributed by atoms with Crippen LogP contribution < -0.4 is 5.32 Å². The third-order valence-corrected chi connectivity index (χ3v) is 1.52. The van der Waals surface area contributed by atoms with Crippen LogP contribution in [0.1, 0.15) is 19.8 Å². The Hall–Kier alpha value is -0.560. The van der Waals surface area contributed by atoms with E-state index in [1.807, 2.05) is 0 Å². The molecule has 0 bridgehead atoms. The van der Waals surface area contributed by atoms with Crippen LogP contribution in [-0.4, -0.2) is 35.5 Å². The molecule has 0 aromatic heterocycles. The first-order valence-corrected chi connectivity index (χ1v) is 4.10. The van der Waals surface area contributed by atoms with Crippen molar-refractivity contribution >= 4 is 0 Å². The number of aliphatic hydroxyl groups excluding tert-OH is 1. The van der Waals surface area contributed by atoms with E-state index in [2.05, 4.69) is 11.2 Å². The molecule has 0 aliphatic rings. The second-order valence-electron chi connectivity index (χ2n) is 3.14. The van der Waals surface area contributed by atoms with Crippen molar-refractivity contribution in [1.82, 2.24) is 5.32 Å². The number of aliphatic hydroxyl groups is 2. The maximum absolute atomic E-state index is 9.33. The van der Waals surface area contributed by atoms with Gasteiger partial charge >= 0.3 is 0 Å². The molecule has 0 saturated heterocycles. The van der Waals surface area contributed by atoms with Crippen molar-refractivity contribution in [3.8, 4) is 12.3 Å².